The average Bonchev–Trinajstić information content (AvgIpc) is 2.53. The Balaban J connectivity index is 2.52. The van der Waals surface area contributed by atoms with Gasteiger partial charge in [-0.15, -0.1) is 0 Å². The number of carbonyl (C=O) groups is 2. The van der Waals surface area contributed by atoms with E-state index in [4.69, 9.17) is 4.74 Å². The van der Waals surface area contributed by atoms with Crippen molar-refractivity contribution in [2.45, 2.75) is 13.0 Å². The number of halogens is 1. The van der Waals surface area contributed by atoms with Gasteiger partial charge in [0.25, 0.3) is 0 Å². The number of nitrogens with zero attached hydrogens (tertiary/aromatic N) is 2. The van der Waals surface area contributed by atoms with Crippen LogP contribution in [0.25, 0.3) is 10.9 Å². The third-order valence-electron chi connectivity index (χ3n) is 3.35. The zero-order chi connectivity index (χ0) is 17.1. The summed E-state index contributed by atoms with van der Waals surface area (Å²) in [5, 5.41) is 3.96. The van der Waals surface area contributed by atoms with E-state index in [0.29, 0.717) is 11.2 Å². The molecule has 0 saturated heterocycles. The fourth-order valence-electron chi connectivity index (χ4n) is 2.21. The van der Waals surface area contributed by atoms with E-state index in [1.54, 1.807) is 33.2 Å². The topological polar surface area (TPSA) is 71.5 Å². The highest BCUT2D eigenvalue weighted by Gasteiger charge is 2.18. The molecule has 1 atom stereocenters. The van der Waals surface area contributed by atoms with Crippen molar-refractivity contribution in [3.05, 3.63) is 34.4 Å². The first-order valence-corrected chi connectivity index (χ1v) is 7.79. The second kappa shape index (κ2) is 6.95. The van der Waals surface area contributed by atoms with Gasteiger partial charge in [-0.3, -0.25) is 4.79 Å². The number of fused-ring (bicyclic) bond motifs is 1. The van der Waals surface area contributed by atoms with Gasteiger partial charge in [0.1, 0.15) is 6.04 Å². The van der Waals surface area contributed by atoms with Crippen molar-refractivity contribution in [2.24, 2.45) is 0 Å². The molecule has 0 bridgehead atoms. The highest BCUT2D eigenvalue weighted by atomic mass is 79.9. The number of aromatic nitrogens is 1. The molecule has 6 nitrogen and oxygen atoms in total. The largest absolute Gasteiger partial charge is 0.464 e. The van der Waals surface area contributed by atoms with Gasteiger partial charge < -0.3 is 15.0 Å². The number of anilines is 1. The van der Waals surface area contributed by atoms with Gasteiger partial charge in [0.15, 0.2) is 5.69 Å². The third-order valence-corrected chi connectivity index (χ3v) is 3.84. The Hall–Kier alpha value is -2.15. The average molecular weight is 380 g/mol. The quantitative estimate of drug-likeness (QED) is 0.826. The highest BCUT2D eigenvalue weighted by molar-refractivity contribution is 9.10. The fraction of sp³-hybridized carbons (Fsp3) is 0.312. The van der Waals surface area contributed by atoms with E-state index in [0.717, 1.165) is 9.86 Å². The number of esters is 1. The first-order chi connectivity index (χ1) is 10.8. The minimum atomic E-state index is -0.524. The molecular formula is C16H18BrN3O3. The SMILES string of the molecule is COC(=O)c1cc(N[C@@H](C)C(=O)N(C)C)c2cc(Br)ccc2n1. The van der Waals surface area contributed by atoms with Gasteiger partial charge in [0.05, 0.1) is 12.6 Å². The van der Waals surface area contributed by atoms with Crippen molar-refractivity contribution in [3.8, 4) is 0 Å². The molecule has 0 saturated carbocycles. The van der Waals surface area contributed by atoms with Crippen LogP contribution in [0.15, 0.2) is 28.7 Å². The second-order valence-electron chi connectivity index (χ2n) is 5.31. The van der Waals surface area contributed by atoms with Crippen LogP contribution in [0.4, 0.5) is 5.69 Å². The molecule has 0 aliphatic heterocycles. The first-order valence-electron chi connectivity index (χ1n) is 6.99. The van der Waals surface area contributed by atoms with Crippen LogP contribution in [0.3, 0.4) is 0 Å². The van der Waals surface area contributed by atoms with Crippen molar-refractivity contribution in [1.29, 1.82) is 0 Å². The Morgan fingerprint density at radius 2 is 2.00 bits per heavy atom. The summed E-state index contributed by atoms with van der Waals surface area (Å²) >= 11 is 3.42. The Bertz CT molecular complexity index is 762. The number of amides is 1. The number of likely N-dealkylation sites (N-methyl/N-ethyl adjacent to an activating group) is 1. The minimum absolute atomic E-state index is 0.0652. The van der Waals surface area contributed by atoms with E-state index in [1.165, 1.54) is 12.0 Å². The maximum absolute atomic E-state index is 12.1. The van der Waals surface area contributed by atoms with Crippen LogP contribution in [0, 0.1) is 0 Å². The van der Waals surface area contributed by atoms with Gasteiger partial charge in [0, 0.05) is 29.6 Å². The number of methoxy groups -OCH3 is 1. The predicted octanol–water partition coefficient (Wildman–Crippen LogP) is 2.67. The summed E-state index contributed by atoms with van der Waals surface area (Å²) < 4.78 is 5.62. The molecule has 7 heteroatoms. The molecule has 0 aliphatic rings. The second-order valence-corrected chi connectivity index (χ2v) is 6.22. The normalized spacial score (nSPS) is 11.9. The van der Waals surface area contributed by atoms with E-state index in [9.17, 15) is 9.59 Å². The molecule has 1 amide bonds. The molecule has 0 spiro atoms. The van der Waals surface area contributed by atoms with E-state index < -0.39 is 12.0 Å². The summed E-state index contributed by atoms with van der Waals surface area (Å²) in [5.41, 5.74) is 1.48. The summed E-state index contributed by atoms with van der Waals surface area (Å²) in [6, 6.07) is 6.68. The van der Waals surface area contributed by atoms with Crippen LogP contribution in [-0.4, -0.2) is 49.0 Å². The predicted molar refractivity (Wildman–Crippen MR) is 92.6 cm³/mol. The van der Waals surface area contributed by atoms with Gasteiger partial charge in [-0.05, 0) is 31.2 Å². The Labute approximate surface area is 143 Å². The number of hydrogen-bond donors (Lipinski definition) is 1. The lowest BCUT2D eigenvalue weighted by Crippen LogP contribution is -2.36. The summed E-state index contributed by atoms with van der Waals surface area (Å²) in [4.78, 5) is 29.7. The monoisotopic (exact) mass is 379 g/mol. The molecule has 1 aromatic carbocycles. The molecule has 1 heterocycles. The zero-order valence-electron chi connectivity index (χ0n) is 13.4. The summed E-state index contributed by atoms with van der Waals surface area (Å²) in [7, 11) is 4.70. The molecule has 2 rings (SSSR count). The Morgan fingerprint density at radius 1 is 1.30 bits per heavy atom. The molecule has 1 N–H and O–H groups in total. The van der Waals surface area contributed by atoms with Gasteiger partial charge in [-0.1, -0.05) is 15.9 Å². The minimum Gasteiger partial charge on any atom is -0.464 e. The zero-order valence-corrected chi connectivity index (χ0v) is 15.0. The Kier molecular flexibility index (Phi) is 5.20. The van der Waals surface area contributed by atoms with E-state index in [-0.39, 0.29) is 11.6 Å². The standard InChI is InChI=1S/C16H18BrN3O3/c1-9(15(21)20(2)3)18-13-8-14(16(22)23-4)19-12-6-5-10(17)7-11(12)13/h5-9H,1-4H3,(H,18,19)/t9-/m0/s1. The smallest absolute Gasteiger partial charge is 0.356 e. The first kappa shape index (κ1) is 17.2. The molecule has 23 heavy (non-hydrogen) atoms. The molecule has 2 aromatic rings. The third kappa shape index (κ3) is 3.79. The number of hydrogen-bond acceptors (Lipinski definition) is 5. The highest BCUT2D eigenvalue weighted by Crippen LogP contribution is 2.27. The van der Waals surface area contributed by atoms with Crippen molar-refractivity contribution in [3.63, 3.8) is 0 Å². The van der Waals surface area contributed by atoms with Crippen molar-refractivity contribution in [2.75, 3.05) is 26.5 Å². The molecule has 1 aromatic heterocycles. The Morgan fingerprint density at radius 3 is 2.61 bits per heavy atom. The lowest BCUT2D eigenvalue weighted by atomic mass is 10.1. The number of pyridine rings is 1. The number of ether oxygens (including phenoxy) is 1. The van der Waals surface area contributed by atoms with Gasteiger partial charge in [-0.2, -0.15) is 0 Å². The van der Waals surface area contributed by atoms with Crippen molar-refractivity contribution in [1.82, 2.24) is 9.88 Å². The van der Waals surface area contributed by atoms with Crippen LogP contribution < -0.4 is 5.32 Å². The van der Waals surface area contributed by atoms with Crippen LogP contribution in [0.5, 0.6) is 0 Å². The lowest BCUT2D eigenvalue weighted by molar-refractivity contribution is -0.129. The maximum atomic E-state index is 12.1. The van der Waals surface area contributed by atoms with Gasteiger partial charge >= 0.3 is 5.97 Å². The molecule has 0 aliphatic carbocycles. The van der Waals surface area contributed by atoms with Crippen LogP contribution in [0.2, 0.25) is 0 Å². The maximum Gasteiger partial charge on any atom is 0.356 e. The number of benzene rings is 1. The number of nitrogens with one attached hydrogen (secondary N) is 1. The molecule has 122 valence electrons. The van der Waals surface area contributed by atoms with E-state index >= 15 is 0 Å². The summed E-state index contributed by atoms with van der Waals surface area (Å²) in [5.74, 6) is -0.589. The van der Waals surface area contributed by atoms with Crippen molar-refractivity contribution >= 4 is 44.4 Å². The number of carbonyl (C=O) groups excluding carboxylic acids is 2. The van der Waals surface area contributed by atoms with Crippen LogP contribution >= 0.6 is 15.9 Å². The summed E-state index contributed by atoms with van der Waals surface area (Å²) in [6.07, 6.45) is 0. The summed E-state index contributed by atoms with van der Waals surface area (Å²) in [6.45, 7) is 1.77. The van der Waals surface area contributed by atoms with E-state index in [1.807, 2.05) is 12.1 Å². The number of rotatable bonds is 4. The van der Waals surface area contributed by atoms with Gasteiger partial charge in [-0.25, -0.2) is 9.78 Å². The molecule has 0 unspecified atom stereocenters. The molecule has 0 radical (unpaired) electrons. The molecule has 0 fully saturated rings. The van der Waals surface area contributed by atoms with Crippen molar-refractivity contribution < 1.29 is 14.3 Å². The lowest BCUT2D eigenvalue weighted by Gasteiger charge is -2.20. The van der Waals surface area contributed by atoms with Crippen LogP contribution in [0.1, 0.15) is 17.4 Å². The van der Waals surface area contributed by atoms with E-state index in [2.05, 4.69) is 26.2 Å². The fourth-order valence-corrected chi connectivity index (χ4v) is 2.57. The molecular weight excluding hydrogens is 362 g/mol. The van der Waals surface area contributed by atoms with Crippen LogP contribution in [-0.2, 0) is 9.53 Å². The van der Waals surface area contributed by atoms with Gasteiger partial charge in [0.2, 0.25) is 5.91 Å².